The summed E-state index contributed by atoms with van der Waals surface area (Å²) in [5, 5.41) is 18.9. The number of carboxylic acid groups (broad SMARTS) is 1. The second-order valence-electron chi connectivity index (χ2n) is 4.06. The van der Waals surface area contributed by atoms with E-state index in [4.69, 9.17) is 16.1 Å². The topological polar surface area (TPSA) is 107 Å². The summed E-state index contributed by atoms with van der Waals surface area (Å²) in [4.78, 5) is 22.1. The molecule has 0 aliphatic carbocycles. The van der Waals surface area contributed by atoms with E-state index in [1.165, 1.54) is 6.26 Å². The van der Waals surface area contributed by atoms with Crippen LogP contribution in [-0.2, 0) is 0 Å². The maximum atomic E-state index is 12.0. The van der Waals surface area contributed by atoms with E-state index in [0.717, 1.165) is 0 Å². The summed E-state index contributed by atoms with van der Waals surface area (Å²) in [5.74, 6) is -0.473. The molecule has 0 radical (unpaired) electrons. The molecule has 0 fully saturated rings. The van der Waals surface area contributed by atoms with Crippen LogP contribution in [0.5, 0.6) is 0 Å². The van der Waals surface area contributed by atoms with E-state index in [2.05, 4.69) is 10.5 Å². The lowest BCUT2D eigenvalue weighted by Crippen LogP contribution is -2.41. The van der Waals surface area contributed by atoms with Gasteiger partial charge in [-0.15, -0.1) is 0 Å². The molecule has 1 aromatic heterocycles. The summed E-state index contributed by atoms with van der Waals surface area (Å²) in [5.41, 5.74) is 1.30. The number of hydrogen-bond acceptors (Lipinski definition) is 5. The largest absolute Gasteiger partial charge is 0.530 e. The Bertz CT molecular complexity index is 656. The first-order valence-corrected chi connectivity index (χ1v) is 6.39. The molecule has 21 heavy (non-hydrogen) atoms. The number of nitrogens with zero attached hydrogens (tertiary/aromatic N) is 1. The van der Waals surface area contributed by atoms with Crippen molar-refractivity contribution in [2.45, 2.75) is 0 Å². The SMILES string of the molecule is O=C([O-])NCCNC(=O)c1nocc1-c1cccc(Cl)c1. The van der Waals surface area contributed by atoms with Crippen LogP contribution in [0.15, 0.2) is 35.1 Å². The van der Waals surface area contributed by atoms with Crippen LogP contribution in [0, 0.1) is 0 Å². The van der Waals surface area contributed by atoms with Crippen LogP contribution >= 0.6 is 11.6 Å². The molecule has 2 rings (SSSR count). The highest BCUT2D eigenvalue weighted by atomic mass is 35.5. The first-order chi connectivity index (χ1) is 10.1. The Morgan fingerprint density at radius 2 is 2.05 bits per heavy atom. The van der Waals surface area contributed by atoms with Gasteiger partial charge in [0, 0.05) is 18.1 Å². The van der Waals surface area contributed by atoms with E-state index in [-0.39, 0.29) is 18.8 Å². The molecule has 2 N–H and O–H groups in total. The lowest BCUT2D eigenvalue weighted by molar-refractivity contribution is -0.250. The number of aromatic nitrogens is 1. The molecule has 0 unspecified atom stereocenters. The number of hydrogen-bond donors (Lipinski definition) is 2. The molecule has 110 valence electrons. The van der Waals surface area contributed by atoms with Gasteiger partial charge >= 0.3 is 0 Å². The van der Waals surface area contributed by atoms with E-state index < -0.39 is 12.0 Å². The molecule has 0 aliphatic heterocycles. The van der Waals surface area contributed by atoms with E-state index >= 15 is 0 Å². The van der Waals surface area contributed by atoms with Crippen LogP contribution in [0.25, 0.3) is 11.1 Å². The molecule has 1 heterocycles. The smallest absolute Gasteiger partial charge is 0.274 e. The van der Waals surface area contributed by atoms with Gasteiger partial charge in [-0.25, -0.2) is 0 Å². The molecule has 2 aromatic rings. The minimum atomic E-state index is -1.40. The Morgan fingerprint density at radius 1 is 1.29 bits per heavy atom. The first kappa shape index (κ1) is 14.9. The second-order valence-corrected chi connectivity index (χ2v) is 4.49. The molecule has 0 saturated carbocycles. The monoisotopic (exact) mass is 308 g/mol. The van der Waals surface area contributed by atoms with Crippen LogP contribution < -0.4 is 15.7 Å². The molecule has 7 nitrogen and oxygen atoms in total. The minimum absolute atomic E-state index is 0.0401. The summed E-state index contributed by atoms with van der Waals surface area (Å²) >= 11 is 5.90. The Morgan fingerprint density at radius 3 is 2.76 bits per heavy atom. The average Bonchev–Trinajstić information content (AvgIpc) is 2.92. The number of nitrogens with one attached hydrogen (secondary N) is 2. The number of benzene rings is 1. The van der Waals surface area contributed by atoms with Crippen molar-refractivity contribution in [3.05, 3.63) is 41.2 Å². The molecule has 0 bridgehead atoms. The summed E-state index contributed by atoms with van der Waals surface area (Å²) in [7, 11) is 0. The molecule has 0 spiro atoms. The maximum Gasteiger partial charge on any atom is 0.274 e. The van der Waals surface area contributed by atoms with Gasteiger partial charge in [0.05, 0.1) is 5.56 Å². The van der Waals surface area contributed by atoms with Crippen molar-refractivity contribution >= 4 is 23.6 Å². The summed E-state index contributed by atoms with van der Waals surface area (Å²) in [6.45, 7) is 0.146. The summed E-state index contributed by atoms with van der Waals surface area (Å²) in [6.07, 6.45) is -0.0507. The van der Waals surface area contributed by atoms with Crippen LogP contribution in [0.2, 0.25) is 5.02 Å². The van der Waals surface area contributed by atoms with Crippen LogP contribution in [-0.4, -0.2) is 30.2 Å². The van der Waals surface area contributed by atoms with E-state index in [1.807, 2.05) is 5.32 Å². The highest BCUT2D eigenvalue weighted by Gasteiger charge is 2.17. The lowest BCUT2D eigenvalue weighted by Gasteiger charge is -2.07. The Hall–Kier alpha value is -2.54. The van der Waals surface area contributed by atoms with Gasteiger partial charge in [0.2, 0.25) is 0 Å². The quantitative estimate of drug-likeness (QED) is 0.789. The molecule has 1 aromatic carbocycles. The van der Waals surface area contributed by atoms with Crippen molar-refractivity contribution in [1.29, 1.82) is 0 Å². The first-order valence-electron chi connectivity index (χ1n) is 6.01. The summed E-state index contributed by atoms with van der Waals surface area (Å²) in [6, 6.07) is 6.91. The molecular weight excluding hydrogens is 298 g/mol. The van der Waals surface area contributed by atoms with Crippen molar-refractivity contribution in [3.8, 4) is 11.1 Å². The molecule has 0 aliphatic rings. The van der Waals surface area contributed by atoms with Gasteiger partial charge < -0.3 is 25.1 Å². The second kappa shape index (κ2) is 6.76. The van der Waals surface area contributed by atoms with Crippen LogP contribution in [0.1, 0.15) is 10.5 Å². The number of carbonyl (C=O) groups excluding carboxylic acids is 2. The Labute approximate surface area is 124 Å². The fraction of sp³-hybridized carbons (Fsp3) is 0.154. The zero-order chi connectivity index (χ0) is 15.2. The number of halogens is 1. The predicted octanol–water partition coefficient (Wildman–Crippen LogP) is 0.658. The van der Waals surface area contributed by atoms with Crippen molar-refractivity contribution in [1.82, 2.24) is 15.8 Å². The van der Waals surface area contributed by atoms with Gasteiger partial charge in [-0.1, -0.05) is 28.9 Å². The molecule has 8 heteroatoms. The average molecular weight is 309 g/mol. The van der Waals surface area contributed by atoms with Gasteiger partial charge in [0.15, 0.2) is 5.69 Å². The van der Waals surface area contributed by atoms with Crippen molar-refractivity contribution in [2.24, 2.45) is 0 Å². The van der Waals surface area contributed by atoms with Crippen molar-refractivity contribution in [3.63, 3.8) is 0 Å². The predicted molar refractivity (Wildman–Crippen MR) is 72.7 cm³/mol. The Balaban J connectivity index is 2.06. The van der Waals surface area contributed by atoms with E-state index in [9.17, 15) is 14.7 Å². The van der Waals surface area contributed by atoms with Gasteiger partial charge in [0.25, 0.3) is 5.91 Å². The zero-order valence-corrected chi connectivity index (χ0v) is 11.5. The number of amides is 2. The lowest BCUT2D eigenvalue weighted by atomic mass is 10.1. The summed E-state index contributed by atoms with van der Waals surface area (Å²) < 4.78 is 4.83. The Kier molecular flexibility index (Phi) is 4.78. The zero-order valence-electron chi connectivity index (χ0n) is 10.8. The van der Waals surface area contributed by atoms with Gasteiger partial charge in [-0.05, 0) is 17.7 Å². The third-order valence-corrected chi connectivity index (χ3v) is 2.84. The van der Waals surface area contributed by atoms with Crippen molar-refractivity contribution in [2.75, 3.05) is 13.1 Å². The molecule has 0 atom stereocenters. The van der Waals surface area contributed by atoms with Crippen LogP contribution in [0.4, 0.5) is 4.79 Å². The van der Waals surface area contributed by atoms with E-state index in [0.29, 0.717) is 16.1 Å². The molecular formula is C13H11ClN3O4-. The maximum absolute atomic E-state index is 12.0. The number of carbonyl (C=O) groups is 2. The third-order valence-electron chi connectivity index (χ3n) is 2.60. The highest BCUT2D eigenvalue weighted by molar-refractivity contribution is 6.30. The fourth-order valence-corrected chi connectivity index (χ4v) is 1.88. The van der Waals surface area contributed by atoms with E-state index in [1.54, 1.807) is 24.3 Å². The fourth-order valence-electron chi connectivity index (χ4n) is 1.69. The molecule has 2 amide bonds. The third kappa shape index (κ3) is 3.96. The van der Waals surface area contributed by atoms with Gasteiger partial charge in [-0.3, -0.25) is 4.79 Å². The van der Waals surface area contributed by atoms with Gasteiger partial charge in [-0.2, -0.15) is 0 Å². The van der Waals surface area contributed by atoms with Crippen LogP contribution in [0.3, 0.4) is 0 Å². The van der Waals surface area contributed by atoms with Gasteiger partial charge in [0.1, 0.15) is 12.4 Å². The minimum Gasteiger partial charge on any atom is -0.530 e. The highest BCUT2D eigenvalue weighted by Crippen LogP contribution is 2.25. The molecule has 0 saturated heterocycles. The normalized spacial score (nSPS) is 10.1. The standard InChI is InChI=1S/C13H12ClN3O4/c14-9-3-1-2-8(6-9)10-7-21-17-11(10)12(18)15-4-5-16-13(19)20/h1-3,6-7,16H,4-5H2,(H,15,18)(H,19,20)/p-1. The van der Waals surface area contributed by atoms with Crippen molar-refractivity contribution < 1.29 is 19.2 Å². The number of rotatable bonds is 5.